The van der Waals surface area contributed by atoms with Gasteiger partial charge in [-0.15, -0.1) is 6.58 Å². The molecule has 1 aliphatic rings. The number of nitrogens with zero attached hydrogens (tertiary/aromatic N) is 1. The molecule has 6 heteroatoms. The van der Waals surface area contributed by atoms with E-state index in [2.05, 4.69) is 6.58 Å². The predicted octanol–water partition coefficient (Wildman–Crippen LogP) is 4.59. The highest BCUT2D eigenvalue weighted by Crippen LogP contribution is 2.36. The summed E-state index contributed by atoms with van der Waals surface area (Å²) >= 11 is 0. The molecule has 0 saturated carbocycles. The maximum atomic E-state index is 13.2. The Morgan fingerprint density at radius 1 is 1.27 bits per heavy atom. The van der Waals surface area contributed by atoms with Gasteiger partial charge < -0.3 is 4.74 Å². The third-order valence-corrected chi connectivity index (χ3v) is 6.31. The number of hydrogen-bond donors (Lipinski definition) is 0. The average molecular weight is 378 g/mol. The zero-order valence-electron chi connectivity index (χ0n) is 15.9. The molecule has 26 heavy (non-hydrogen) atoms. The maximum absolute atomic E-state index is 13.2. The Kier molecular flexibility index (Phi) is 6.29. The molecule has 1 aromatic carbocycles. The molecule has 1 saturated heterocycles. The third-order valence-electron chi connectivity index (χ3n) is 4.55. The summed E-state index contributed by atoms with van der Waals surface area (Å²) in [5.41, 5.74) is 2.78. The van der Waals surface area contributed by atoms with E-state index in [1.807, 2.05) is 27.7 Å². The van der Waals surface area contributed by atoms with Crippen molar-refractivity contribution in [2.45, 2.75) is 64.0 Å². The van der Waals surface area contributed by atoms with Crippen LogP contribution < -0.4 is 0 Å². The van der Waals surface area contributed by atoms with Crippen LogP contribution in [0.2, 0.25) is 0 Å². The zero-order chi connectivity index (χ0) is 19.5. The van der Waals surface area contributed by atoms with E-state index >= 15 is 0 Å². The Labute approximate surface area is 156 Å². The number of allylic oxidation sites excluding steroid dienone is 2. The van der Waals surface area contributed by atoms with E-state index < -0.39 is 28.3 Å². The number of cyclic esters (lactones) is 1. The van der Waals surface area contributed by atoms with E-state index in [4.69, 9.17) is 4.74 Å². The summed E-state index contributed by atoms with van der Waals surface area (Å²) in [6.45, 7) is 11.5. The molecule has 1 heterocycles. The molecule has 0 bridgehead atoms. The molecule has 0 spiro atoms. The summed E-state index contributed by atoms with van der Waals surface area (Å²) in [7, 11) is -4.01. The van der Waals surface area contributed by atoms with Gasteiger partial charge in [0, 0.05) is 0 Å². The van der Waals surface area contributed by atoms with Crippen LogP contribution in [0.4, 0.5) is 4.79 Å². The Morgan fingerprint density at radius 3 is 2.38 bits per heavy atom. The summed E-state index contributed by atoms with van der Waals surface area (Å²) in [5, 5.41) is 0. The molecule has 0 radical (unpaired) electrons. The fourth-order valence-electron chi connectivity index (χ4n) is 3.23. The monoisotopic (exact) mass is 377 g/mol. The molecule has 1 aliphatic heterocycles. The summed E-state index contributed by atoms with van der Waals surface area (Å²) in [6, 6.07) is 5.85. The second kappa shape index (κ2) is 8.08. The van der Waals surface area contributed by atoms with Crippen molar-refractivity contribution in [3.8, 4) is 0 Å². The first kappa shape index (κ1) is 20.2. The van der Waals surface area contributed by atoms with Crippen molar-refractivity contribution < 1.29 is 17.9 Å². The van der Waals surface area contributed by atoms with Crippen molar-refractivity contribution in [1.82, 2.24) is 4.31 Å². The van der Waals surface area contributed by atoms with Crippen molar-refractivity contribution in [2.24, 2.45) is 0 Å². The van der Waals surface area contributed by atoms with E-state index in [9.17, 15) is 13.2 Å². The standard InChI is InChI=1S/C20H27NO4S/c1-6-8-17(14(3)4)19-18(9-7-2)25-20(22)21(19)26(23,24)16-12-10-15(5)11-13-16/h6,10-13,18-19H,1,7-9H2,2-5H3/t18-,19-/m0/s1. The molecular formula is C20H27NO4S. The summed E-state index contributed by atoms with van der Waals surface area (Å²) in [4.78, 5) is 12.7. The molecular weight excluding hydrogens is 350 g/mol. The minimum atomic E-state index is -4.01. The number of ether oxygens (including phenoxy) is 1. The normalized spacial score (nSPS) is 20.0. The van der Waals surface area contributed by atoms with Crippen LogP contribution in [0.5, 0.6) is 0 Å². The van der Waals surface area contributed by atoms with Crippen LogP contribution in [0.25, 0.3) is 0 Å². The molecule has 0 unspecified atom stereocenters. The van der Waals surface area contributed by atoms with Gasteiger partial charge in [-0.3, -0.25) is 0 Å². The van der Waals surface area contributed by atoms with E-state index in [0.717, 1.165) is 27.4 Å². The Balaban J connectivity index is 2.58. The largest absolute Gasteiger partial charge is 0.443 e. The maximum Gasteiger partial charge on any atom is 0.424 e. The number of carbonyl (C=O) groups is 1. The molecule has 0 N–H and O–H groups in total. The number of hydrogen-bond acceptors (Lipinski definition) is 4. The van der Waals surface area contributed by atoms with Crippen LogP contribution in [0, 0.1) is 6.92 Å². The molecule has 1 aromatic rings. The SMILES string of the molecule is C=CCC(=C(C)C)[C@H]1[C@H](CCC)OC(=O)N1S(=O)(=O)c1ccc(C)cc1. The number of carbonyl (C=O) groups excluding carboxylic acids is 1. The highest BCUT2D eigenvalue weighted by molar-refractivity contribution is 7.89. The third kappa shape index (κ3) is 3.85. The van der Waals surface area contributed by atoms with Gasteiger partial charge in [0.05, 0.1) is 4.90 Å². The van der Waals surface area contributed by atoms with Crippen LogP contribution in [0.1, 0.15) is 45.6 Å². The first-order valence-corrected chi connectivity index (χ1v) is 10.3. The molecule has 0 aromatic heterocycles. The van der Waals surface area contributed by atoms with Gasteiger partial charge in [0.1, 0.15) is 12.1 Å². The van der Waals surface area contributed by atoms with Crippen molar-refractivity contribution >= 4 is 16.1 Å². The first-order chi connectivity index (χ1) is 12.2. The second-order valence-electron chi connectivity index (χ2n) is 6.79. The van der Waals surface area contributed by atoms with Crippen LogP contribution >= 0.6 is 0 Å². The van der Waals surface area contributed by atoms with E-state index in [0.29, 0.717) is 12.8 Å². The summed E-state index contributed by atoms with van der Waals surface area (Å²) in [6.07, 6.45) is 2.32. The topological polar surface area (TPSA) is 63.7 Å². The molecule has 142 valence electrons. The van der Waals surface area contributed by atoms with E-state index in [1.54, 1.807) is 18.2 Å². The van der Waals surface area contributed by atoms with Crippen LogP contribution in [0.15, 0.2) is 53.0 Å². The molecule has 1 amide bonds. The number of rotatable bonds is 7. The number of sulfonamides is 1. The average Bonchev–Trinajstić information content (AvgIpc) is 2.89. The van der Waals surface area contributed by atoms with Gasteiger partial charge in [-0.2, -0.15) is 4.31 Å². The highest BCUT2D eigenvalue weighted by atomic mass is 32.2. The molecule has 5 nitrogen and oxygen atoms in total. The van der Waals surface area contributed by atoms with Crippen molar-refractivity contribution in [1.29, 1.82) is 0 Å². The predicted molar refractivity (Wildman–Crippen MR) is 102 cm³/mol. The fraction of sp³-hybridized carbons (Fsp3) is 0.450. The fourth-order valence-corrected chi connectivity index (χ4v) is 4.73. The van der Waals surface area contributed by atoms with Gasteiger partial charge in [-0.25, -0.2) is 13.2 Å². The van der Waals surface area contributed by atoms with Gasteiger partial charge in [-0.05, 0) is 51.3 Å². The van der Waals surface area contributed by atoms with Crippen molar-refractivity contribution in [3.05, 3.63) is 53.6 Å². The zero-order valence-corrected chi connectivity index (χ0v) is 16.7. The lowest BCUT2D eigenvalue weighted by molar-refractivity contribution is 0.128. The minimum Gasteiger partial charge on any atom is -0.443 e. The molecule has 2 rings (SSSR count). The van der Waals surface area contributed by atoms with Crippen molar-refractivity contribution in [3.63, 3.8) is 0 Å². The number of benzene rings is 1. The highest BCUT2D eigenvalue weighted by Gasteiger charge is 2.49. The Hall–Kier alpha value is -2.08. The Morgan fingerprint density at radius 2 is 1.88 bits per heavy atom. The molecule has 2 atom stereocenters. The second-order valence-corrected chi connectivity index (χ2v) is 8.60. The summed E-state index contributed by atoms with van der Waals surface area (Å²) in [5.74, 6) is 0. The van der Waals surface area contributed by atoms with E-state index in [1.165, 1.54) is 12.1 Å². The Bertz CT molecular complexity index is 805. The first-order valence-electron chi connectivity index (χ1n) is 8.82. The lowest BCUT2D eigenvalue weighted by Crippen LogP contribution is -2.42. The molecule has 0 aliphatic carbocycles. The molecule has 1 fully saturated rings. The van der Waals surface area contributed by atoms with Gasteiger partial charge in [-0.1, -0.05) is 42.7 Å². The smallest absolute Gasteiger partial charge is 0.424 e. The lowest BCUT2D eigenvalue weighted by Gasteiger charge is -2.27. The van der Waals surface area contributed by atoms with Crippen molar-refractivity contribution in [2.75, 3.05) is 0 Å². The number of aryl methyl sites for hydroxylation is 1. The lowest BCUT2D eigenvalue weighted by atomic mass is 9.93. The van der Waals surface area contributed by atoms with Crippen LogP contribution in [0.3, 0.4) is 0 Å². The van der Waals surface area contributed by atoms with Gasteiger partial charge in [0.15, 0.2) is 0 Å². The van der Waals surface area contributed by atoms with E-state index in [-0.39, 0.29) is 4.90 Å². The van der Waals surface area contributed by atoms with Crippen LogP contribution in [-0.2, 0) is 14.8 Å². The summed E-state index contributed by atoms with van der Waals surface area (Å²) < 4.78 is 32.8. The minimum absolute atomic E-state index is 0.0916. The van der Waals surface area contributed by atoms with Crippen LogP contribution in [-0.4, -0.2) is 31.0 Å². The van der Waals surface area contributed by atoms with Gasteiger partial charge in [0.2, 0.25) is 0 Å². The quantitative estimate of drug-likeness (QED) is 0.652. The number of amides is 1. The van der Waals surface area contributed by atoms with Gasteiger partial charge in [0.25, 0.3) is 10.0 Å². The van der Waals surface area contributed by atoms with Gasteiger partial charge >= 0.3 is 6.09 Å².